The lowest BCUT2D eigenvalue weighted by atomic mass is 9.92. The third-order valence-corrected chi connectivity index (χ3v) is 3.76. The van der Waals surface area contributed by atoms with Gasteiger partial charge >= 0.3 is 0 Å². The van der Waals surface area contributed by atoms with E-state index in [1.54, 1.807) is 24.3 Å². The predicted molar refractivity (Wildman–Crippen MR) is 78.2 cm³/mol. The van der Waals surface area contributed by atoms with E-state index in [2.05, 4.69) is 15.9 Å². The fourth-order valence-electron chi connectivity index (χ4n) is 1.79. The molecule has 0 amide bonds. The molecule has 0 saturated carbocycles. The number of benzene rings is 2. The van der Waals surface area contributed by atoms with Crippen LogP contribution in [-0.4, -0.2) is 5.78 Å². The molecule has 0 radical (unpaired) electrons. The molecule has 2 rings (SSSR count). The van der Waals surface area contributed by atoms with Crippen molar-refractivity contribution in [2.24, 2.45) is 0 Å². The Labute approximate surface area is 128 Å². The van der Waals surface area contributed by atoms with Crippen LogP contribution in [0.2, 0.25) is 5.02 Å². The Bertz CT molecular complexity index is 711. The van der Waals surface area contributed by atoms with Gasteiger partial charge in [-0.15, -0.1) is 0 Å². The summed E-state index contributed by atoms with van der Waals surface area (Å²) >= 11 is 9.03. The van der Waals surface area contributed by atoms with Crippen LogP contribution in [-0.2, 0) is 0 Å². The lowest BCUT2D eigenvalue weighted by Crippen LogP contribution is -2.12. The Kier molecular flexibility index (Phi) is 4.53. The van der Waals surface area contributed by atoms with E-state index < -0.39 is 17.5 Å². The van der Waals surface area contributed by atoms with Crippen LogP contribution in [0.3, 0.4) is 0 Å². The second-order valence-corrected chi connectivity index (χ2v) is 5.34. The largest absolute Gasteiger partial charge is 0.292 e. The van der Waals surface area contributed by atoms with Gasteiger partial charge in [0.25, 0.3) is 0 Å². The molecule has 0 aliphatic carbocycles. The highest BCUT2D eigenvalue weighted by Crippen LogP contribution is 2.28. The quantitative estimate of drug-likeness (QED) is 0.749. The zero-order chi connectivity index (χ0) is 14.7. The van der Waals surface area contributed by atoms with Gasteiger partial charge in [-0.1, -0.05) is 29.8 Å². The monoisotopic (exact) mass is 351 g/mol. The first-order valence-electron chi connectivity index (χ1n) is 5.68. The lowest BCUT2D eigenvalue weighted by molar-refractivity contribution is 0.0979. The molecule has 1 unspecified atom stereocenters. The Morgan fingerprint density at radius 3 is 2.60 bits per heavy atom. The fourth-order valence-corrected chi connectivity index (χ4v) is 2.42. The summed E-state index contributed by atoms with van der Waals surface area (Å²) < 4.78 is 13.4. The standard InChI is InChI=1S/C15H8BrClFNO/c16-12-7-9(5-6-14(12)18)15(20)11(8-19)10-3-1-2-4-13(10)17/h1-7,11H. The van der Waals surface area contributed by atoms with Crippen molar-refractivity contribution in [3.8, 4) is 6.07 Å². The van der Waals surface area contributed by atoms with Gasteiger partial charge in [0.15, 0.2) is 5.78 Å². The second kappa shape index (κ2) is 6.17. The number of ketones is 1. The molecule has 20 heavy (non-hydrogen) atoms. The number of carbonyl (C=O) groups excluding carboxylic acids is 1. The molecule has 0 spiro atoms. The Morgan fingerprint density at radius 2 is 2.00 bits per heavy atom. The summed E-state index contributed by atoms with van der Waals surface area (Å²) in [6.07, 6.45) is 0. The molecule has 0 aromatic heterocycles. The highest BCUT2D eigenvalue weighted by Gasteiger charge is 2.24. The van der Waals surface area contributed by atoms with Crippen LogP contribution in [0.25, 0.3) is 0 Å². The molecule has 0 N–H and O–H groups in total. The lowest BCUT2D eigenvalue weighted by Gasteiger charge is -2.10. The first-order chi connectivity index (χ1) is 9.54. The van der Waals surface area contributed by atoms with E-state index in [9.17, 15) is 14.4 Å². The van der Waals surface area contributed by atoms with Gasteiger partial charge in [0.05, 0.1) is 10.5 Å². The van der Waals surface area contributed by atoms with Crippen LogP contribution in [0.5, 0.6) is 0 Å². The van der Waals surface area contributed by atoms with E-state index in [0.717, 1.165) is 0 Å². The third kappa shape index (κ3) is 2.90. The van der Waals surface area contributed by atoms with Crippen molar-refractivity contribution in [3.05, 3.63) is 68.9 Å². The minimum atomic E-state index is -1.01. The molecule has 0 heterocycles. The summed E-state index contributed by atoms with van der Waals surface area (Å²) in [5, 5.41) is 9.60. The molecule has 2 aromatic carbocycles. The van der Waals surface area contributed by atoms with Gasteiger partial charge in [0.1, 0.15) is 11.7 Å². The average Bonchev–Trinajstić information content (AvgIpc) is 2.44. The van der Waals surface area contributed by atoms with Crippen LogP contribution in [0.4, 0.5) is 4.39 Å². The van der Waals surface area contributed by atoms with Crippen molar-refractivity contribution in [2.75, 3.05) is 0 Å². The number of hydrogen-bond donors (Lipinski definition) is 0. The summed E-state index contributed by atoms with van der Waals surface area (Å²) in [7, 11) is 0. The highest BCUT2D eigenvalue weighted by molar-refractivity contribution is 9.10. The number of halogens is 3. The molecule has 1 atom stereocenters. The van der Waals surface area contributed by atoms with E-state index in [0.29, 0.717) is 10.6 Å². The maximum Gasteiger partial charge on any atom is 0.184 e. The van der Waals surface area contributed by atoms with Crippen LogP contribution in [0.15, 0.2) is 46.9 Å². The summed E-state index contributed by atoms with van der Waals surface area (Å²) in [6.45, 7) is 0. The summed E-state index contributed by atoms with van der Waals surface area (Å²) in [6, 6.07) is 12.5. The second-order valence-electron chi connectivity index (χ2n) is 4.08. The smallest absolute Gasteiger partial charge is 0.184 e. The minimum absolute atomic E-state index is 0.180. The number of nitrogens with zero attached hydrogens (tertiary/aromatic N) is 1. The first kappa shape index (κ1) is 14.7. The normalized spacial score (nSPS) is 11.7. The molecule has 0 saturated heterocycles. The van der Waals surface area contributed by atoms with E-state index >= 15 is 0 Å². The highest BCUT2D eigenvalue weighted by atomic mass is 79.9. The van der Waals surface area contributed by atoms with Crippen LogP contribution < -0.4 is 0 Å². The summed E-state index contributed by atoms with van der Waals surface area (Å²) in [5.41, 5.74) is 0.701. The number of rotatable bonds is 3. The van der Waals surface area contributed by atoms with Gasteiger partial charge < -0.3 is 0 Å². The summed E-state index contributed by atoms with van der Waals surface area (Å²) in [4.78, 5) is 12.4. The number of hydrogen-bond acceptors (Lipinski definition) is 2. The van der Waals surface area contributed by atoms with Gasteiger partial charge in [0.2, 0.25) is 0 Å². The molecule has 2 aromatic rings. The molecule has 0 aliphatic heterocycles. The third-order valence-electron chi connectivity index (χ3n) is 2.81. The van der Waals surface area contributed by atoms with Gasteiger partial charge in [-0.25, -0.2) is 4.39 Å². The molecule has 0 fully saturated rings. The minimum Gasteiger partial charge on any atom is -0.292 e. The zero-order valence-corrected chi connectivity index (χ0v) is 12.5. The van der Waals surface area contributed by atoms with Crippen LogP contribution in [0.1, 0.15) is 21.8 Å². The Hall–Kier alpha value is -1.70. The van der Waals surface area contributed by atoms with Gasteiger partial charge in [-0.05, 0) is 45.8 Å². The van der Waals surface area contributed by atoms with Crippen LogP contribution in [0, 0.1) is 17.1 Å². The van der Waals surface area contributed by atoms with Gasteiger partial charge in [0, 0.05) is 10.6 Å². The van der Waals surface area contributed by atoms with E-state index in [-0.39, 0.29) is 10.0 Å². The maximum atomic E-state index is 13.2. The number of nitriles is 1. The first-order valence-corrected chi connectivity index (χ1v) is 6.85. The topological polar surface area (TPSA) is 40.9 Å². The van der Waals surface area contributed by atoms with E-state index in [4.69, 9.17) is 11.6 Å². The van der Waals surface area contributed by atoms with Crippen molar-refractivity contribution in [1.29, 1.82) is 5.26 Å². The van der Waals surface area contributed by atoms with Crippen LogP contribution >= 0.6 is 27.5 Å². The molecule has 5 heteroatoms. The van der Waals surface area contributed by atoms with Gasteiger partial charge in [-0.2, -0.15) is 5.26 Å². The van der Waals surface area contributed by atoms with Crippen molar-refractivity contribution in [2.45, 2.75) is 5.92 Å². The van der Waals surface area contributed by atoms with Crippen molar-refractivity contribution < 1.29 is 9.18 Å². The van der Waals surface area contributed by atoms with Gasteiger partial charge in [-0.3, -0.25) is 4.79 Å². The number of carbonyl (C=O) groups is 1. The maximum absolute atomic E-state index is 13.2. The Morgan fingerprint density at radius 1 is 1.30 bits per heavy atom. The SMILES string of the molecule is N#CC(C(=O)c1ccc(F)c(Br)c1)c1ccccc1Cl. The Balaban J connectivity index is 2.42. The van der Waals surface area contributed by atoms with E-state index in [1.165, 1.54) is 18.2 Å². The molecular weight excluding hydrogens is 345 g/mol. The predicted octanol–water partition coefficient (Wildman–Crippen LogP) is 4.73. The fraction of sp³-hybridized carbons (Fsp3) is 0.0667. The molecule has 2 nitrogen and oxygen atoms in total. The molecule has 0 aliphatic rings. The van der Waals surface area contributed by atoms with Crippen molar-refractivity contribution >= 4 is 33.3 Å². The van der Waals surface area contributed by atoms with Crippen molar-refractivity contribution in [1.82, 2.24) is 0 Å². The average molecular weight is 353 g/mol. The molecule has 0 bridgehead atoms. The van der Waals surface area contributed by atoms with E-state index in [1.807, 2.05) is 6.07 Å². The molecular formula is C15H8BrClFNO. The summed E-state index contributed by atoms with van der Waals surface area (Å²) in [5.74, 6) is -1.89. The van der Waals surface area contributed by atoms with Crippen molar-refractivity contribution in [3.63, 3.8) is 0 Å². The number of Topliss-reactive ketones (excluding diaryl/α,β-unsaturated/α-hetero) is 1. The zero-order valence-electron chi connectivity index (χ0n) is 10.1. The molecule has 100 valence electrons.